The molecule has 1 aliphatic heterocycles. The molecule has 1 fully saturated rings. The Balaban J connectivity index is 1.36. The highest BCUT2D eigenvalue weighted by molar-refractivity contribution is 7.80. The van der Waals surface area contributed by atoms with E-state index in [0.29, 0.717) is 5.69 Å². The maximum Gasteiger partial charge on any atom is 0.158 e. The van der Waals surface area contributed by atoms with Crippen molar-refractivity contribution in [3.63, 3.8) is 0 Å². The third-order valence-electron chi connectivity index (χ3n) is 6.14. The van der Waals surface area contributed by atoms with Crippen molar-refractivity contribution in [2.45, 2.75) is 75.6 Å². The molecule has 1 saturated heterocycles. The van der Waals surface area contributed by atoms with Crippen molar-refractivity contribution in [3.8, 4) is 11.4 Å². The number of benzene rings is 1. The van der Waals surface area contributed by atoms with Crippen LogP contribution in [0.15, 0.2) is 46.8 Å². The second-order valence-electron chi connectivity index (χ2n) is 9.34. The van der Waals surface area contributed by atoms with Gasteiger partial charge < -0.3 is 15.2 Å². The summed E-state index contributed by atoms with van der Waals surface area (Å²) in [6, 6.07) is 10.2. The number of ether oxygens (including phenoxy) is 2. The summed E-state index contributed by atoms with van der Waals surface area (Å²) < 4.78 is 11.9. The Labute approximate surface area is 206 Å². The van der Waals surface area contributed by atoms with E-state index in [4.69, 9.17) is 20.2 Å². The van der Waals surface area contributed by atoms with Gasteiger partial charge in [0.25, 0.3) is 0 Å². The predicted octanol–water partition coefficient (Wildman–Crippen LogP) is 6.48. The number of aryl methyl sites for hydroxylation is 1. The minimum Gasteiger partial charge on any atom is -0.398 e. The van der Waals surface area contributed by atoms with Gasteiger partial charge in [0.05, 0.1) is 17.0 Å². The molecule has 4 rings (SSSR count). The molecule has 2 aromatic heterocycles. The first kappa shape index (κ1) is 24.2. The van der Waals surface area contributed by atoms with Crippen LogP contribution in [0.25, 0.3) is 11.4 Å². The molecule has 0 aliphatic carbocycles. The van der Waals surface area contributed by atoms with Crippen molar-refractivity contribution >= 4 is 29.7 Å². The molecule has 5 nitrogen and oxygen atoms in total. The first-order valence-corrected chi connectivity index (χ1v) is 12.9. The number of hydrogen-bond acceptors (Lipinski definition) is 7. The number of nitrogens with two attached hydrogens (primary N) is 1. The Morgan fingerprint density at radius 3 is 2.79 bits per heavy atom. The third-order valence-corrected chi connectivity index (χ3v) is 7.55. The summed E-state index contributed by atoms with van der Waals surface area (Å²) in [4.78, 5) is 10.3. The van der Waals surface area contributed by atoms with Crippen LogP contribution in [0.5, 0.6) is 0 Å². The molecule has 1 aromatic carbocycles. The van der Waals surface area contributed by atoms with Crippen LogP contribution in [0.4, 0.5) is 5.69 Å². The van der Waals surface area contributed by atoms with E-state index < -0.39 is 0 Å². The first-order valence-electron chi connectivity index (χ1n) is 11.6. The van der Waals surface area contributed by atoms with Gasteiger partial charge in [-0.05, 0) is 75.3 Å². The van der Waals surface area contributed by atoms with Gasteiger partial charge in [-0.3, -0.25) is 4.98 Å². The highest BCUT2D eigenvalue weighted by Crippen LogP contribution is 2.32. The van der Waals surface area contributed by atoms with Crippen LogP contribution < -0.4 is 5.73 Å². The van der Waals surface area contributed by atoms with E-state index in [1.807, 2.05) is 24.4 Å². The fourth-order valence-electron chi connectivity index (χ4n) is 3.96. The van der Waals surface area contributed by atoms with Gasteiger partial charge in [-0.2, -0.15) is 0 Å². The lowest BCUT2D eigenvalue weighted by Crippen LogP contribution is -2.34. The molecule has 2 unspecified atom stereocenters. The first-order chi connectivity index (χ1) is 15.8. The van der Waals surface area contributed by atoms with Gasteiger partial charge in [-0.1, -0.05) is 19.1 Å². The van der Waals surface area contributed by atoms with Gasteiger partial charge in [0.2, 0.25) is 0 Å². The Kier molecular flexibility index (Phi) is 7.74. The molecule has 176 valence electrons. The normalized spacial score (nSPS) is 17.8. The number of aromatic nitrogens is 2. The highest BCUT2D eigenvalue weighted by Gasteiger charge is 2.25. The van der Waals surface area contributed by atoms with Gasteiger partial charge in [-0.25, -0.2) is 4.98 Å². The molecule has 1 aliphatic rings. The molecule has 0 radical (unpaired) electrons. The molecule has 3 aromatic rings. The quantitative estimate of drug-likeness (QED) is 0.283. The van der Waals surface area contributed by atoms with Gasteiger partial charge in [0.1, 0.15) is 5.01 Å². The maximum atomic E-state index is 6.21. The molecule has 0 amide bonds. The predicted molar refractivity (Wildman–Crippen MR) is 138 cm³/mol. The van der Waals surface area contributed by atoms with E-state index in [1.54, 1.807) is 11.3 Å². The SMILES string of the molecule is CC(c1ccc(N)c(S)c1)c1nc(-c2ccc(CCC(C)(C)OC3CCCCO3)cn2)cs1. The Morgan fingerprint density at radius 2 is 2.09 bits per heavy atom. The zero-order valence-corrected chi connectivity index (χ0v) is 21.3. The lowest BCUT2D eigenvalue weighted by atomic mass is 9.99. The van der Waals surface area contributed by atoms with Crippen LogP contribution in [-0.2, 0) is 15.9 Å². The lowest BCUT2D eigenvalue weighted by molar-refractivity contribution is -0.216. The number of thiazole rings is 1. The van der Waals surface area contributed by atoms with Crippen LogP contribution >= 0.6 is 24.0 Å². The maximum absolute atomic E-state index is 6.21. The fourth-order valence-corrected chi connectivity index (χ4v) is 5.09. The monoisotopic (exact) mass is 483 g/mol. The van der Waals surface area contributed by atoms with Gasteiger partial charge in [0.15, 0.2) is 6.29 Å². The molecule has 2 N–H and O–H groups in total. The topological polar surface area (TPSA) is 70.3 Å². The van der Waals surface area contributed by atoms with E-state index in [9.17, 15) is 0 Å². The molecule has 0 saturated carbocycles. The van der Waals surface area contributed by atoms with Crippen molar-refractivity contribution in [1.82, 2.24) is 9.97 Å². The van der Waals surface area contributed by atoms with E-state index in [-0.39, 0.29) is 17.8 Å². The summed E-state index contributed by atoms with van der Waals surface area (Å²) in [6.45, 7) is 7.24. The number of thiol groups is 1. The summed E-state index contributed by atoms with van der Waals surface area (Å²) in [5, 5.41) is 3.13. The molecular formula is C26H33N3O2S2. The zero-order chi connectivity index (χ0) is 23.4. The summed E-state index contributed by atoms with van der Waals surface area (Å²) in [5.41, 5.74) is 10.5. The van der Waals surface area contributed by atoms with Crippen LogP contribution in [0, 0.1) is 0 Å². The molecule has 2 atom stereocenters. The van der Waals surface area contributed by atoms with Crippen LogP contribution in [0.3, 0.4) is 0 Å². The van der Waals surface area contributed by atoms with Crippen molar-refractivity contribution < 1.29 is 9.47 Å². The van der Waals surface area contributed by atoms with Crippen molar-refractivity contribution in [2.24, 2.45) is 0 Å². The lowest BCUT2D eigenvalue weighted by Gasteiger charge is -2.32. The number of nitrogen functional groups attached to an aromatic ring is 1. The van der Waals surface area contributed by atoms with E-state index in [2.05, 4.69) is 55.9 Å². The van der Waals surface area contributed by atoms with Crippen LogP contribution in [-0.4, -0.2) is 28.5 Å². The van der Waals surface area contributed by atoms with Gasteiger partial charge >= 0.3 is 0 Å². The third kappa shape index (κ3) is 6.35. The zero-order valence-electron chi connectivity index (χ0n) is 19.6. The standard InChI is InChI=1S/C26H33N3O2S2/c1-17(19-8-9-20(27)23(32)14-19)25-29-22(16-33-25)21-10-7-18(15-28-21)11-12-26(2,3)31-24-6-4-5-13-30-24/h7-10,14-17,24,32H,4-6,11-13,27H2,1-3H3. The van der Waals surface area contributed by atoms with E-state index in [0.717, 1.165) is 59.1 Å². The Morgan fingerprint density at radius 1 is 1.24 bits per heavy atom. The number of rotatable bonds is 8. The number of hydrogen-bond donors (Lipinski definition) is 2. The van der Waals surface area contributed by atoms with Crippen molar-refractivity contribution in [2.75, 3.05) is 12.3 Å². The van der Waals surface area contributed by atoms with E-state index >= 15 is 0 Å². The van der Waals surface area contributed by atoms with Crippen LogP contribution in [0.1, 0.15) is 68.5 Å². The minimum absolute atomic E-state index is 0.0666. The largest absolute Gasteiger partial charge is 0.398 e. The minimum atomic E-state index is -0.227. The summed E-state index contributed by atoms with van der Waals surface area (Å²) >= 11 is 6.10. The van der Waals surface area contributed by atoms with Gasteiger partial charge in [-0.15, -0.1) is 24.0 Å². The molecule has 0 spiro atoms. The average molecular weight is 484 g/mol. The average Bonchev–Trinajstić information content (AvgIpc) is 3.30. The Bertz CT molecular complexity index is 1060. The number of anilines is 1. The fraction of sp³-hybridized carbons (Fsp3) is 0.462. The molecule has 0 bridgehead atoms. The van der Waals surface area contributed by atoms with Crippen molar-refractivity contribution in [3.05, 3.63) is 58.0 Å². The second-order valence-corrected chi connectivity index (χ2v) is 10.7. The molecule has 33 heavy (non-hydrogen) atoms. The van der Waals surface area contributed by atoms with Gasteiger partial charge in [0, 0.05) is 34.7 Å². The van der Waals surface area contributed by atoms with E-state index in [1.165, 1.54) is 12.0 Å². The Hall–Kier alpha value is -1.93. The number of pyridine rings is 1. The highest BCUT2D eigenvalue weighted by atomic mass is 32.1. The summed E-state index contributed by atoms with van der Waals surface area (Å²) in [5.74, 6) is 0.171. The number of nitrogens with zero attached hydrogens (tertiary/aromatic N) is 2. The molecule has 3 heterocycles. The molecular weight excluding hydrogens is 450 g/mol. The van der Waals surface area contributed by atoms with Crippen molar-refractivity contribution in [1.29, 1.82) is 0 Å². The smallest absolute Gasteiger partial charge is 0.158 e. The van der Waals surface area contributed by atoms with Crippen LogP contribution in [0.2, 0.25) is 0 Å². The summed E-state index contributed by atoms with van der Waals surface area (Å²) in [6.07, 6.45) is 7.02. The molecule has 7 heteroatoms. The summed E-state index contributed by atoms with van der Waals surface area (Å²) in [7, 11) is 0. The second kappa shape index (κ2) is 10.6.